The van der Waals surface area contributed by atoms with Gasteiger partial charge in [-0.05, 0) is 94.4 Å². The van der Waals surface area contributed by atoms with E-state index >= 15 is 0 Å². The van der Waals surface area contributed by atoms with Crippen LogP contribution < -0.4 is 4.74 Å². The number of carbonyl (C=O) groups excluding carboxylic acids is 1. The van der Waals surface area contributed by atoms with Gasteiger partial charge in [-0.25, -0.2) is 0 Å². The van der Waals surface area contributed by atoms with Crippen molar-refractivity contribution in [3.05, 3.63) is 24.3 Å². The SMILES string of the molecule is COc1ccc(SCCC(=O)OC(C)(C)C23CC4CC(CC(C4)C2)C3)cc1. The van der Waals surface area contributed by atoms with E-state index in [1.807, 2.05) is 24.3 Å². The molecule has 0 heterocycles. The topological polar surface area (TPSA) is 35.5 Å². The van der Waals surface area contributed by atoms with Gasteiger partial charge in [-0.1, -0.05) is 0 Å². The Morgan fingerprint density at radius 1 is 1.07 bits per heavy atom. The molecule has 4 fully saturated rings. The van der Waals surface area contributed by atoms with E-state index in [2.05, 4.69) is 13.8 Å². The number of carbonyl (C=O) groups is 1. The number of methoxy groups -OCH3 is 1. The van der Waals surface area contributed by atoms with Gasteiger partial charge in [0.25, 0.3) is 0 Å². The standard InChI is InChI=1S/C23H32O3S/c1-22(2,23-13-16-10-17(14-23)12-18(11-16)15-23)26-21(24)8-9-27-20-6-4-19(25-3)5-7-20/h4-7,16-18H,8-15H2,1-3H3. The van der Waals surface area contributed by atoms with Crippen LogP contribution in [0.15, 0.2) is 29.2 Å². The van der Waals surface area contributed by atoms with Crippen LogP contribution in [0.3, 0.4) is 0 Å². The fourth-order valence-electron chi connectivity index (χ4n) is 6.22. The molecule has 3 nitrogen and oxygen atoms in total. The van der Waals surface area contributed by atoms with E-state index in [9.17, 15) is 4.79 Å². The minimum absolute atomic E-state index is 0.0447. The number of hydrogen-bond acceptors (Lipinski definition) is 4. The Morgan fingerprint density at radius 3 is 2.15 bits per heavy atom. The molecule has 0 unspecified atom stereocenters. The van der Waals surface area contributed by atoms with E-state index in [0.29, 0.717) is 6.42 Å². The van der Waals surface area contributed by atoms with Gasteiger partial charge in [-0.3, -0.25) is 4.79 Å². The van der Waals surface area contributed by atoms with Crippen molar-refractivity contribution in [3.63, 3.8) is 0 Å². The molecule has 4 saturated carbocycles. The Labute approximate surface area is 167 Å². The second-order valence-corrected chi connectivity index (χ2v) is 10.6. The van der Waals surface area contributed by atoms with Crippen LogP contribution in [0.1, 0.15) is 58.8 Å². The van der Waals surface area contributed by atoms with Gasteiger partial charge >= 0.3 is 5.97 Å². The van der Waals surface area contributed by atoms with E-state index in [4.69, 9.17) is 9.47 Å². The predicted molar refractivity (Wildman–Crippen MR) is 109 cm³/mol. The van der Waals surface area contributed by atoms with Crippen LogP contribution >= 0.6 is 11.8 Å². The number of thioether (sulfide) groups is 1. The zero-order valence-electron chi connectivity index (χ0n) is 16.8. The van der Waals surface area contributed by atoms with E-state index in [1.165, 1.54) is 38.5 Å². The number of benzene rings is 1. The van der Waals surface area contributed by atoms with Crippen molar-refractivity contribution in [3.8, 4) is 5.75 Å². The number of rotatable bonds is 7. The predicted octanol–water partition coefficient (Wildman–Crippen LogP) is 5.72. The Balaban J connectivity index is 1.30. The lowest BCUT2D eigenvalue weighted by atomic mass is 9.46. The second-order valence-electron chi connectivity index (χ2n) is 9.46. The smallest absolute Gasteiger partial charge is 0.307 e. The molecule has 5 rings (SSSR count). The van der Waals surface area contributed by atoms with Crippen molar-refractivity contribution >= 4 is 17.7 Å². The highest BCUT2D eigenvalue weighted by atomic mass is 32.2. The summed E-state index contributed by atoms with van der Waals surface area (Å²) in [5, 5.41) is 0. The van der Waals surface area contributed by atoms with Gasteiger partial charge in [0, 0.05) is 16.1 Å². The number of esters is 1. The lowest BCUT2D eigenvalue weighted by molar-refractivity contribution is -0.198. The fraction of sp³-hybridized carbons (Fsp3) is 0.696. The molecule has 148 valence electrons. The Hall–Kier alpha value is -1.16. The Bertz CT molecular complexity index is 644. The zero-order chi connectivity index (χ0) is 19.1. The first kappa shape index (κ1) is 19.2. The van der Waals surface area contributed by atoms with Crippen molar-refractivity contribution in [2.24, 2.45) is 23.2 Å². The van der Waals surface area contributed by atoms with Gasteiger partial charge in [-0.15, -0.1) is 11.8 Å². The maximum Gasteiger partial charge on any atom is 0.307 e. The first-order chi connectivity index (χ1) is 12.9. The quantitative estimate of drug-likeness (QED) is 0.442. The summed E-state index contributed by atoms with van der Waals surface area (Å²) in [5.74, 6) is 4.19. The van der Waals surface area contributed by atoms with Crippen molar-refractivity contribution in [2.75, 3.05) is 12.9 Å². The molecule has 0 aliphatic heterocycles. The van der Waals surface area contributed by atoms with E-state index < -0.39 is 0 Å². The lowest BCUT2D eigenvalue weighted by Crippen LogP contribution is -2.57. The van der Waals surface area contributed by atoms with Gasteiger partial charge in [0.15, 0.2) is 0 Å². The van der Waals surface area contributed by atoms with E-state index in [1.54, 1.807) is 18.9 Å². The molecule has 0 spiro atoms. The normalized spacial score (nSPS) is 31.7. The first-order valence-corrected chi connectivity index (χ1v) is 11.4. The summed E-state index contributed by atoms with van der Waals surface area (Å²) in [6.07, 6.45) is 8.51. The zero-order valence-corrected chi connectivity index (χ0v) is 17.6. The van der Waals surface area contributed by atoms with Gasteiger partial charge in [-0.2, -0.15) is 0 Å². The number of hydrogen-bond donors (Lipinski definition) is 0. The van der Waals surface area contributed by atoms with Crippen LogP contribution in [0.2, 0.25) is 0 Å². The molecule has 0 N–H and O–H groups in total. The largest absolute Gasteiger partial charge is 0.497 e. The van der Waals surface area contributed by atoms with Gasteiger partial charge in [0.05, 0.1) is 13.5 Å². The van der Waals surface area contributed by atoms with E-state index in [-0.39, 0.29) is 17.0 Å². The highest BCUT2D eigenvalue weighted by molar-refractivity contribution is 7.99. The molecule has 27 heavy (non-hydrogen) atoms. The van der Waals surface area contributed by atoms with Crippen molar-refractivity contribution in [1.29, 1.82) is 0 Å². The fourth-order valence-corrected chi connectivity index (χ4v) is 7.05. The molecule has 0 radical (unpaired) electrons. The molecule has 4 aliphatic carbocycles. The maximum absolute atomic E-state index is 12.6. The molecule has 4 aliphatic rings. The minimum Gasteiger partial charge on any atom is -0.497 e. The summed E-state index contributed by atoms with van der Waals surface area (Å²) in [6, 6.07) is 7.98. The summed E-state index contributed by atoms with van der Waals surface area (Å²) >= 11 is 1.70. The van der Waals surface area contributed by atoms with Crippen molar-refractivity contribution in [1.82, 2.24) is 0 Å². The highest BCUT2D eigenvalue weighted by Crippen LogP contribution is 2.64. The molecule has 0 aromatic heterocycles. The molecule has 4 bridgehead atoms. The molecule has 1 aromatic carbocycles. The summed E-state index contributed by atoms with van der Waals surface area (Å²) in [7, 11) is 1.67. The Morgan fingerprint density at radius 2 is 1.63 bits per heavy atom. The van der Waals surface area contributed by atoms with Crippen LogP contribution in [0, 0.1) is 23.2 Å². The van der Waals surface area contributed by atoms with Crippen LogP contribution in [-0.2, 0) is 9.53 Å². The summed E-state index contributed by atoms with van der Waals surface area (Å²) < 4.78 is 11.3. The molecular formula is C23H32O3S. The third-order valence-corrected chi connectivity index (χ3v) is 8.33. The number of ether oxygens (including phenoxy) is 2. The van der Waals surface area contributed by atoms with Gasteiger partial charge in [0.2, 0.25) is 0 Å². The monoisotopic (exact) mass is 388 g/mol. The molecule has 4 heteroatoms. The Kier molecular flexibility index (Phi) is 5.22. The lowest BCUT2D eigenvalue weighted by Gasteiger charge is -2.61. The second kappa shape index (κ2) is 7.35. The van der Waals surface area contributed by atoms with E-state index in [0.717, 1.165) is 34.2 Å². The van der Waals surface area contributed by atoms with Crippen LogP contribution in [-0.4, -0.2) is 24.4 Å². The third kappa shape index (κ3) is 3.87. The maximum atomic E-state index is 12.6. The van der Waals surface area contributed by atoms with Crippen molar-refractivity contribution in [2.45, 2.75) is 69.3 Å². The minimum atomic E-state index is -0.342. The molecular weight excluding hydrogens is 356 g/mol. The van der Waals surface area contributed by atoms with Crippen molar-refractivity contribution < 1.29 is 14.3 Å². The third-order valence-electron chi connectivity index (χ3n) is 7.32. The first-order valence-electron chi connectivity index (χ1n) is 10.4. The molecule has 1 aromatic rings. The highest BCUT2D eigenvalue weighted by Gasteiger charge is 2.58. The van der Waals surface area contributed by atoms with Gasteiger partial charge in [0.1, 0.15) is 11.4 Å². The van der Waals surface area contributed by atoms with Crippen LogP contribution in [0.25, 0.3) is 0 Å². The average Bonchev–Trinajstić information content (AvgIpc) is 2.60. The summed E-state index contributed by atoms with van der Waals surface area (Å²) in [6.45, 7) is 4.35. The average molecular weight is 389 g/mol. The van der Waals surface area contributed by atoms with Crippen LogP contribution in [0.5, 0.6) is 5.75 Å². The van der Waals surface area contributed by atoms with Crippen LogP contribution in [0.4, 0.5) is 0 Å². The molecule has 0 amide bonds. The summed E-state index contributed by atoms with van der Waals surface area (Å²) in [5.41, 5.74) is -0.120. The van der Waals surface area contributed by atoms with Gasteiger partial charge < -0.3 is 9.47 Å². The summed E-state index contributed by atoms with van der Waals surface area (Å²) in [4.78, 5) is 13.7. The molecule has 0 saturated heterocycles. The molecule has 0 atom stereocenters.